The number of fused-ring (bicyclic) bond motifs is 2. The van der Waals surface area contributed by atoms with Gasteiger partial charge < -0.3 is 4.74 Å². The molecule has 0 atom stereocenters. The summed E-state index contributed by atoms with van der Waals surface area (Å²) in [5, 5.41) is 4.02. The van der Waals surface area contributed by atoms with E-state index in [1.165, 1.54) is 0 Å². The van der Waals surface area contributed by atoms with Gasteiger partial charge >= 0.3 is 0 Å². The lowest BCUT2D eigenvalue weighted by molar-refractivity contribution is 0.112. The summed E-state index contributed by atoms with van der Waals surface area (Å²) in [4.78, 5) is 11.6. The first-order valence-corrected chi connectivity index (χ1v) is 7.37. The summed E-state index contributed by atoms with van der Waals surface area (Å²) in [6.07, 6.45) is 3.08. The second-order valence-corrected chi connectivity index (χ2v) is 5.18. The highest BCUT2D eigenvalue weighted by Gasteiger charge is 2.10. The minimum Gasteiger partial charge on any atom is -0.493 e. The third-order valence-corrected chi connectivity index (χ3v) is 3.78. The molecule has 0 unspecified atom stereocenters. The topological polar surface area (TPSA) is 26.3 Å². The van der Waals surface area contributed by atoms with E-state index < -0.39 is 0 Å². The molecule has 0 saturated heterocycles. The Balaban J connectivity index is 2.23. The lowest BCUT2D eigenvalue weighted by atomic mass is 9.97. The SMILES string of the molecule is CCCCOc1cccc2c(C=O)c3ccccc3cc12. The molecule has 0 bridgehead atoms. The molecule has 2 heteroatoms. The molecule has 0 N–H and O–H groups in total. The molecule has 0 aliphatic carbocycles. The van der Waals surface area contributed by atoms with Crippen LogP contribution in [0.15, 0.2) is 48.5 Å². The van der Waals surface area contributed by atoms with Crippen LogP contribution in [-0.2, 0) is 0 Å². The third-order valence-electron chi connectivity index (χ3n) is 3.78. The predicted molar refractivity (Wildman–Crippen MR) is 87.2 cm³/mol. The molecule has 3 rings (SSSR count). The van der Waals surface area contributed by atoms with Crippen molar-refractivity contribution in [3.05, 3.63) is 54.1 Å². The van der Waals surface area contributed by atoms with Gasteiger partial charge in [-0.3, -0.25) is 4.79 Å². The van der Waals surface area contributed by atoms with E-state index in [1.807, 2.05) is 42.5 Å². The van der Waals surface area contributed by atoms with Gasteiger partial charge in [-0.05, 0) is 34.7 Å². The molecule has 106 valence electrons. The lowest BCUT2D eigenvalue weighted by Gasteiger charge is -2.12. The van der Waals surface area contributed by atoms with E-state index in [0.717, 1.165) is 52.0 Å². The molecule has 0 aromatic heterocycles. The number of aldehydes is 1. The number of carbonyl (C=O) groups is 1. The van der Waals surface area contributed by atoms with Crippen molar-refractivity contribution in [3.63, 3.8) is 0 Å². The summed E-state index contributed by atoms with van der Waals surface area (Å²) in [5.41, 5.74) is 0.740. The summed E-state index contributed by atoms with van der Waals surface area (Å²) in [7, 11) is 0. The molecule has 3 aromatic rings. The molecule has 0 aliphatic rings. The van der Waals surface area contributed by atoms with E-state index in [1.54, 1.807) is 0 Å². The van der Waals surface area contributed by atoms with Crippen LogP contribution in [0.5, 0.6) is 5.75 Å². The number of benzene rings is 3. The van der Waals surface area contributed by atoms with Gasteiger partial charge in [0.2, 0.25) is 0 Å². The number of ether oxygens (including phenoxy) is 1. The van der Waals surface area contributed by atoms with Gasteiger partial charge in [0.25, 0.3) is 0 Å². The van der Waals surface area contributed by atoms with Crippen LogP contribution in [0.1, 0.15) is 30.1 Å². The second-order valence-electron chi connectivity index (χ2n) is 5.18. The standard InChI is InChI=1S/C19H18O2/c1-2-3-11-21-19-10-6-9-16-17(19)12-14-7-4-5-8-15(14)18(16)13-20/h4-10,12-13H,2-3,11H2,1H3. The van der Waals surface area contributed by atoms with E-state index in [0.29, 0.717) is 6.61 Å². The van der Waals surface area contributed by atoms with E-state index in [4.69, 9.17) is 4.74 Å². The zero-order chi connectivity index (χ0) is 14.7. The minimum atomic E-state index is 0.707. The molecule has 3 aromatic carbocycles. The molecule has 0 saturated carbocycles. The number of hydrogen-bond acceptors (Lipinski definition) is 2. The van der Waals surface area contributed by atoms with Crippen molar-refractivity contribution in [2.75, 3.05) is 6.61 Å². The van der Waals surface area contributed by atoms with Gasteiger partial charge in [0, 0.05) is 10.9 Å². The smallest absolute Gasteiger partial charge is 0.151 e. The normalized spacial score (nSPS) is 10.9. The molecule has 0 aliphatic heterocycles. The minimum absolute atomic E-state index is 0.707. The van der Waals surface area contributed by atoms with Crippen molar-refractivity contribution >= 4 is 27.8 Å². The fraction of sp³-hybridized carbons (Fsp3) is 0.211. The van der Waals surface area contributed by atoms with Crippen LogP contribution in [0.2, 0.25) is 0 Å². The van der Waals surface area contributed by atoms with Crippen LogP contribution < -0.4 is 4.74 Å². The summed E-state index contributed by atoms with van der Waals surface area (Å²) < 4.78 is 5.89. The van der Waals surface area contributed by atoms with Crippen molar-refractivity contribution in [1.82, 2.24) is 0 Å². The first-order chi connectivity index (χ1) is 10.3. The van der Waals surface area contributed by atoms with Crippen molar-refractivity contribution in [2.24, 2.45) is 0 Å². The molecule has 2 nitrogen and oxygen atoms in total. The summed E-state index contributed by atoms with van der Waals surface area (Å²) in [6.45, 7) is 2.85. The largest absolute Gasteiger partial charge is 0.493 e. The maximum atomic E-state index is 11.6. The predicted octanol–water partition coefficient (Wildman–Crippen LogP) is 4.98. The fourth-order valence-electron chi connectivity index (χ4n) is 2.68. The monoisotopic (exact) mass is 278 g/mol. The van der Waals surface area contributed by atoms with Gasteiger partial charge in [-0.15, -0.1) is 0 Å². The van der Waals surface area contributed by atoms with Gasteiger partial charge in [-0.25, -0.2) is 0 Å². The lowest BCUT2D eigenvalue weighted by Crippen LogP contribution is -1.98. The van der Waals surface area contributed by atoms with Gasteiger partial charge in [0.15, 0.2) is 6.29 Å². The van der Waals surface area contributed by atoms with Crippen molar-refractivity contribution in [2.45, 2.75) is 19.8 Å². The van der Waals surface area contributed by atoms with Crippen LogP contribution in [0.4, 0.5) is 0 Å². The van der Waals surface area contributed by atoms with Crippen LogP contribution in [-0.4, -0.2) is 12.9 Å². The molecule has 0 radical (unpaired) electrons. The maximum Gasteiger partial charge on any atom is 0.151 e. The van der Waals surface area contributed by atoms with E-state index in [2.05, 4.69) is 13.0 Å². The molecule has 0 fully saturated rings. The van der Waals surface area contributed by atoms with E-state index in [9.17, 15) is 4.79 Å². The average Bonchev–Trinajstić information content (AvgIpc) is 2.53. The second kappa shape index (κ2) is 5.96. The molecule has 0 heterocycles. The van der Waals surface area contributed by atoms with E-state index >= 15 is 0 Å². The molecular weight excluding hydrogens is 260 g/mol. The van der Waals surface area contributed by atoms with E-state index in [-0.39, 0.29) is 0 Å². The van der Waals surface area contributed by atoms with Crippen LogP contribution in [0.3, 0.4) is 0 Å². The fourth-order valence-corrected chi connectivity index (χ4v) is 2.68. The number of unbranched alkanes of at least 4 members (excludes halogenated alkanes) is 1. The van der Waals surface area contributed by atoms with Crippen LogP contribution in [0, 0.1) is 0 Å². The van der Waals surface area contributed by atoms with Crippen LogP contribution in [0.25, 0.3) is 21.5 Å². The first-order valence-electron chi connectivity index (χ1n) is 7.37. The van der Waals surface area contributed by atoms with Crippen molar-refractivity contribution in [3.8, 4) is 5.75 Å². The molecule has 0 spiro atoms. The van der Waals surface area contributed by atoms with Gasteiger partial charge in [0.1, 0.15) is 5.75 Å². The molecule has 0 amide bonds. The average molecular weight is 278 g/mol. The zero-order valence-electron chi connectivity index (χ0n) is 12.1. The zero-order valence-corrected chi connectivity index (χ0v) is 12.1. The molecule has 21 heavy (non-hydrogen) atoms. The maximum absolute atomic E-state index is 11.6. The Bertz CT molecular complexity index is 790. The van der Waals surface area contributed by atoms with Gasteiger partial charge in [-0.2, -0.15) is 0 Å². The number of carbonyl (C=O) groups excluding carboxylic acids is 1. The summed E-state index contributed by atoms with van der Waals surface area (Å²) >= 11 is 0. The van der Waals surface area contributed by atoms with Gasteiger partial charge in [-0.1, -0.05) is 49.7 Å². The first kappa shape index (κ1) is 13.6. The number of hydrogen-bond donors (Lipinski definition) is 0. The Kier molecular flexibility index (Phi) is 3.87. The number of rotatable bonds is 5. The Morgan fingerprint density at radius 2 is 1.81 bits per heavy atom. The highest BCUT2D eigenvalue weighted by molar-refractivity contribution is 6.13. The van der Waals surface area contributed by atoms with Crippen LogP contribution >= 0.6 is 0 Å². The highest BCUT2D eigenvalue weighted by Crippen LogP contribution is 2.33. The van der Waals surface area contributed by atoms with Gasteiger partial charge in [0.05, 0.1) is 6.61 Å². The molecular formula is C19H18O2. The van der Waals surface area contributed by atoms with Crippen molar-refractivity contribution < 1.29 is 9.53 Å². The highest BCUT2D eigenvalue weighted by atomic mass is 16.5. The van der Waals surface area contributed by atoms with Crippen molar-refractivity contribution in [1.29, 1.82) is 0 Å². The Hall–Kier alpha value is -2.35. The quantitative estimate of drug-likeness (QED) is 0.373. The summed E-state index contributed by atoms with van der Waals surface area (Å²) in [6, 6.07) is 16.0. The Morgan fingerprint density at radius 3 is 2.62 bits per heavy atom. The summed E-state index contributed by atoms with van der Waals surface area (Å²) in [5.74, 6) is 0.856. The Morgan fingerprint density at radius 1 is 1.00 bits per heavy atom. The Labute approximate surface area is 124 Å². The third kappa shape index (κ3) is 2.49.